The first-order valence-electron chi connectivity index (χ1n) is 6.78. The molecule has 1 aliphatic rings. The zero-order valence-electron chi connectivity index (χ0n) is 11.6. The van der Waals surface area contributed by atoms with Gasteiger partial charge in [-0.25, -0.2) is 0 Å². The minimum Gasteiger partial charge on any atom is -0.383 e. The van der Waals surface area contributed by atoms with Gasteiger partial charge in [-0.1, -0.05) is 19.8 Å². The van der Waals surface area contributed by atoms with E-state index in [2.05, 4.69) is 17.1 Å². The van der Waals surface area contributed by atoms with Crippen molar-refractivity contribution in [1.29, 1.82) is 0 Å². The second-order valence-corrected chi connectivity index (χ2v) is 4.67. The Kier molecular flexibility index (Phi) is 10.4. The molecule has 1 N–H and O–H groups in total. The van der Waals surface area contributed by atoms with Gasteiger partial charge in [-0.2, -0.15) is 0 Å². The van der Waals surface area contributed by atoms with E-state index in [4.69, 9.17) is 4.74 Å². The lowest BCUT2D eigenvalue weighted by molar-refractivity contribution is -0.132. The number of amides is 1. The smallest absolute Gasteiger partial charge is 0.236 e. The van der Waals surface area contributed by atoms with Gasteiger partial charge in [0, 0.05) is 26.2 Å². The first-order chi connectivity index (χ1) is 8.29. The Morgan fingerprint density at radius 2 is 2.17 bits per heavy atom. The van der Waals surface area contributed by atoms with Gasteiger partial charge in [0.05, 0.1) is 13.2 Å². The molecule has 0 aliphatic carbocycles. The van der Waals surface area contributed by atoms with Gasteiger partial charge >= 0.3 is 0 Å². The number of methoxy groups -OCH3 is 1. The van der Waals surface area contributed by atoms with Crippen LogP contribution < -0.4 is 5.32 Å². The van der Waals surface area contributed by atoms with Gasteiger partial charge in [0.1, 0.15) is 0 Å². The molecule has 0 aromatic heterocycles. The fraction of sp³-hybridized carbons (Fsp3) is 0.923. The molecule has 1 heterocycles. The number of carbonyl (C=O) groups is 1. The van der Waals surface area contributed by atoms with E-state index in [1.54, 1.807) is 7.11 Å². The van der Waals surface area contributed by atoms with Gasteiger partial charge in [-0.3, -0.25) is 4.79 Å². The van der Waals surface area contributed by atoms with Gasteiger partial charge in [-0.15, -0.1) is 12.4 Å². The molecule has 1 aliphatic heterocycles. The van der Waals surface area contributed by atoms with E-state index in [-0.39, 0.29) is 18.3 Å². The average molecular weight is 279 g/mol. The lowest BCUT2D eigenvalue weighted by Crippen LogP contribution is -2.44. The quantitative estimate of drug-likeness (QED) is 0.754. The maximum atomic E-state index is 12.1. The molecule has 1 amide bonds. The van der Waals surface area contributed by atoms with Crippen LogP contribution in [-0.2, 0) is 9.53 Å². The third-order valence-electron chi connectivity index (χ3n) is 3.43. The average Bonchev–Trinajstić information content (AvgIpc) is 2.59. The number of nitrogens with one attached hydrogen (secondary N) is 1. The van der Waals surface area contributed by atoms with E-state index < -0.39 is 0 Å². The summed E-state index contributed by atoms with van der Waals surface area (Å²) < 4.78 is 4.94. The normalized spacial score (nSPS) is 20.1. The highest BCUT2D eigenvalue weighted by Gasteiger charge is 2.23. The van der Waals surface area contributed by atoms with E-state index in [1.165, 1.54) is 19.3 Å². The van der Waals surface area contributed by atoms with Crippen molar-refractivity contribution in [3.8, 4) is 0 Å². The van der Waals surface area contributed by atoms with Crippen LogP contribution in [0.25, 0.3) is 0 Å². The van der Waals surface area contributed by atoms with Crippen molar-refractivity contribution >= 4 is 18.3 Å². The van der Waals surface area contributed by atoms with Crippen LogP contribution in [0.3, 0.4) is 0 Å². The molecule has 5 heteroatoms. The van der Waals surface area contributed by atoms with Crippen molar-refractivity contribution < 1.29 is 9.53 Å². The molecule has 18 heavy (non-hydrogen) atoms. The van der Waals surface area contributed by atoms with Gasteiger partial charge in [0.2, 0.25) is 5.91 Å². The Morgan fingerprint density at radius 3 is 2.83 bits per heavy atom. The van der Waals surface area contributed by atoms with Gasteiger partial charge in [0.25, 0.3) is 0 Å². The van der Waals surface area contributed by atoms with Crippen molar-refractivity contribution in [2.45, 2.75) is 45.1 Å². The Morgan fingerprint density at radius 1 is 1.39 bits per heavy atom. The van der Waals surface area contributed by atoms with E-state index in [0.717, 1.165) is 25.9 Å². The first-order valence-corrected chi connectivity index (χ1v) is 6.78. The molecule has 1 atom stereocenters. The highest BCUT2D eigenvalue weighted by Crippen LogP contribution is 2.18. The molecule has 1 unspecified atom stereocenters. The molecule has 0 saturated carbocycles. The zero-order valence-corrected chi connectivity index (χ0v) is 12.4. The van der Waals surface area contributed by atoms with Crippen LogP contribution in [0.5, 0.6) is 0 Å². The Hall–Kier alpha value is -0.320. The summed E-state index contributed by atoms with van der Waals surface area (Å²) in [5, 5.41) is 3.13. The molecule has 0 bridgehead atoms. The molecule has 1 saturated heterocycles. The van der Waals surface area contributed by atoms with Crippen LogP contribution in [0.4, 0.5) is 0 Å². The van der Waals surface area contributed by atoms with Crippen molar-refractivity contribution in [2.24, 2.45) is 0 Å². The summed E-state index contributed by atoms with van der Waals surface area (Å²) in [6.07, 6.45) is 5.92. The second kappa shape index (κ2) is 10.6. The van der Waals surface area contributed by atoms with E-state index in [0.29, 0.717) is 19.2 Å². The van der Waals surface area contributed by atoms with Crippen LogP contribution in [0, 0.1) is 0 Å². The number of ether oxygens (including phenoxy) is 1. The second-order valence-electron chi connectivity index (χ2n) is 4.67. The molecular formula is C13H27ClN2O2. The number of rotatable bonds is 6. The molecule has 4 nitrogen and oxygen atoms in total. The largest absolute Gasteiger partial charge is 0.383 e. The Bertz CT molecular complexity index is 227. The third kappa shape index (κ3) is 6.03. The lowest BCUT2D eigenvalue weighted by Gasteiger charge is -2.29. The Labute approximate surface area is 117 Å². The molecule has 1 rings (SSSR count). The fourth-order valence-electron chi connectivity index (χ4n) is 2.40. The molecule has 0 aromatic carbocycles. The minimum atomic E-state index is 0. The highest BCUT2D eigenvalue weighted by atomic mass is 35.5. The third-order valence-corrected chi connectivity index (χ3v) is 3.43. The molecular weight excluding hydrogens is 252 g/mol. The Balaban J connectivity index is 0.00000289. The maximum Gasteiger partial charge on any atom is 0.236 e. The predicted octanol–water partition coefficient (Wildman–Crippen LogP) is 1.83. The van der Waals surface area contributed by atoms with Crippen LogP contribution in [0.1, 0.15) is 39.0 Å². The molecule has 0 aromatic rings. The first kappa shape index (κ1) is 17.7. The number of nitrogens with zero attached hydrogens (tertiary/aromatic N) is 1. The summed E-state index contributed by atoms with van der Waals surface area (Å²) in [5.41, 5.74) is 0. The van der Waals surface area contributed by atoms with Crippen molar-refractivity contribution in [3.63, 3.8) is 0 Å². The van der Waals surface area contributed by atoms with Gasteiger partial charge in [-0.05, 0) is 19.3 Å². The van der Waals surface area contributed by atoms with Gasteiger partial charge < -0.3 is 15.0 Å². The van der Waals surface area contributed by atoms with E-state index >= 15 is 0 Å². The van der Waals surface area contributed by atoms with Crippen LogP contribution >= 0.6 is 12.4 Å². The van der Waals surface area contributed by atoms with Crippen LogP contribution in [-0.4, -0.2) is 50.2 Å². The van der Waals surface area contributed by atoms with E-state index in [1.807, 2.05) is 0 Å². The molecule has 0 radical (unpaired) electrons. The van der Waals surface area contributed by atoms with Crippen molar-refractivity contribution in [2.75, 3.05) is 33.4 Å². The number of carbonyl (C=O) groups excluding carboxylic acids is 1. The van der Waals surface area contributed by atoms with Crippen LogP contribution in [0.15, 0.2) is 0 Å². The molecule has 1 fully saturated rings. The molecule has 108 valence electrons. The number of likely N-dealkylation sites (tertiary alicyclic amines) is 1. The molecule has 0 spiro atoms. The summed E-state index contributed by atoms with van der Waals surface area (Å²) in [4.78, 5) is 14.2. The van der Waals surface area contributed by atoms with E-state index in [9.17, 15) is 4.79 Å². The highest BCUT2D eigenvalue weighted by molar-refractivity contribution is 5.85. The summed E-state index contributed by atoms with van der Waals surface area (Å²) in [5.74, 6) is 0.245. The summed E-state index contributed by atoms with van der Waals surface area (Å²) in [6.45, 7) is 4.95. The standard InChI is InChI=1S/C13H26N2O2.ClH/c1-3-12-7-5-4-6-9-15(12)13(16)11-14-8-10-17-2;/h12,14H,3-11H2,1-2H3;1H. The van der Waals surface area contributed by atoms with Crippen molar-refractivity contribution in [1.82, 2.24) is 10.2 Å². The number of hydrogen-bond donors (Lipinski definition) is 1. The van der Waals surface area contributed by atoms with Crippen molar-refractivity contribution in [3.05, 3.63) is 0 Å². The lowest BCUT2D eigenvalue weighted by atomic mass is 10.1. The zero-order chi connectivity index (χ0) is 12.5. The summed E-state index contributed by atoms with van der Waals surface area (Å²) in [7, 11) is 1.67. The topological polar surface area (TPSA) is 41.6 Å². The van der Waals surface area contributed by atoms with Gasteiger partial charge in [0.15, 0.2) is 0 Å². The minimum absolute atomic E-state index is 0. The fourth-order valence-corrected chi connectivity index (χ4v) is 2.40. The predicted molar refractivity (Wildman–Crippen MR) is 76.3 cm³/mol. The summed E-state index contributed by atoms with van der Waals surface area (Å²) in [6, 6.07) is 0.453. The SMILES string of the molecule is CCC1CCCCCN1C(=O)CNCCOC.Cl. The summed E-state index contributed by atoms with van der Waals surface area (Å²) >= 11 is 0. The number of hydrogen-bond acceptors (Lipinski definition) is 3. The monoisotopic (exact) mass is 278 g/mol. The van der Waals surface area contributed by atoms with Crippen LogP contribution in [0.2, 0.25) is 0 Å². The number of halogens is 1. The maximum absolute atomic E-state index is 12.1.